The third-order valence-corrected chi connectivity index (χ3v) is 4.70. The number of benzene rings is 1. The van der Waals surface area contributed by atoms with E-state index in [1.54, 1.807) is 18.2 Å². The molecule has 1 aliphatic heterocycles. The SMILES string of the molecule is O=C1NC(=O)/C(=C/c2ccc(OCC3CCC3)c(Cl)c2)S1. The molecular weight excluding hydrogens is 310 g/mol. The molecule has 1 aliphatic carbocycles. The maximum atomic E-state index is 11.5. The first-order valence-electron chi connectivity index (χ1n) is 6.79. The van der Waals surface area contributed by atoms with E-state index in [-0.39, 0.29) is 11.1 Å². The van der Waals surface area contributed by atoms with Gasteiger partial charge < -0.3 is 4.74 Å². The lowest BCUT2D eigenvalue weighted by molar-refractivity contribution is -0.115. The summed E-state index contributed by atoms with van der Waals surface area (Å²) in [5.74, 6) is 0.934. The largest absolute Gasteiger partial charge is 0.492 e. The van der Waals surface area contributed by atoms with Gasteiger partial charge in [0.1, 0.15) is 5.75 Å². The summed E-state index contributed by atoms with van der Waals surface area (Å²) in [6.07, 6.45) is 5.38. The van der Waals surface area contributed by atoms with Crippen molar-refractivity contribution in [2.45, 2.75) is 19.3 Å². The second kappa shape index (κ2) is 6.12. The fourth-order valence-electron chi connectivity index (χ4n) is 2.16. The van der Waals surface area contributed by atoms with Crippen molar-refractivity contribution in [3.05, 3.63) is 33.7 Å². The summed E-state index contributed by atoms with van der Waals surface area (Å²) in [6, 6.07) is 5.36. The van der Waals surface area contributed by atoms with E-state index in [1.165, 1.54) is 19.3 Å². The summed E-state index contributed by atoms with van der Waals surface area (Å²) in [5.41, 5.74) is 0.767. The van der Waals surface area contributed by atoms with Gasteiger partial charge in [0.15, 0.2) is 0 Å². The Bertz CT molecular complexity index is 625. The third-order valence-electron chi connectivity index (χ3n) is 3.60. The van der Waals surface area contributed by atoms with Crippen LogP contribution < -0.4 is 10.1 Å². The molecule has 2 fully saturated rings. The van der Waals surface area contributed by atoms with Crippen LogP contribution >= 0.6 is 23.4 Å². The summed E-state index contributed by atoms with van der Waals surface area (Å²) < 4.78 is 5.71. The molecule has 6 heteroatoms. The number of rotatable bonds is 4. The van der Waals surface area contributed by atoms with Crippen LogP contribution in [-0.4, -0.2) is 17.8 Å². The molecule has 3 rings (SSSR count). The Morgan fingerprint density at radius 2 is 2.19 bits per heavy atom. The lowest BCUT2D eigenvalue weighted by atomic mass is 9.86. The molecule has 0 aromatic heterocycles. The molecule has 4 nitrogen and oxygen atoms in total. The van der Waals surface area contributed by atoms with Crippen molar-refractivity contribution in [1.82, 2.24) is 5.32 Å². The Hall–Kier alpha value is -1.46. The normalized spacial score (nSPS) is 20.5. The molecule has 0 bridgehead atoms. The third kappa shape index (κ3) is 3.41. The minimum absolute atomic E-state index is 0.349. The van der Waals surface area contributed by atoms with Gasteiger partial charge in [0.2, 0.25) is 0 Å². The maximum absolute atomic E-state index is 11.5. The Balaban J connectivity index is 1.70. The molecule has 1 N–H and O–H groups in total. The molecule has 110 valence electrons. The molecule has 1 saturated heterocycles. The number of thioether (sulfide) groups is 1. The minimum atomic E-state index is -0.369. The second-order valence-corrected chi connectivity index (χ2v) is 6.57. The lowest BCUT2D eigenvalue weighted by Gasteiger charge is -2.25. The number of ether oxygens (including phenoxy) is 1. The summed E-state index contributed by atoms with van der Waals surface area (Å²) in [7, 11) is 0. The van der Waals surface area contributed by atoms with Crippen molar-refractivity contribution in [3.8, 4) is 5.75 Å². The highest BCUT2D eigenvalue weighted by molar-refractivity contribution is 8.18. The molecule has 0 atom stereocenters. The van der Waals surface area contributed by atoms with E-state index in [0.717, 1.165) is 17.3 Å². The van der Waals surface area contributed by atoms with Crippen LogP contribution in [-0.2, 0) is 4.79 Å². The average molecular weight is 324 g/mol. The van der Waals surface area contributed by atoms with Crippen molar-refractivity contribution in [2.24, 2.45) is 5.92 Å². The molecule has 1 aromatic carbocycles. The van der Waals surface area contributed by atoms with Gasteiger partial charge in [0.05, 0.1) is 16.5 Å². The van der Waals surface area contributed by atoms with E-state index in [0.29, 0.717) is 28.2 Å². The fourth-order valence-corrected chi connectivity index (χ4v) is 3.09. The zero-order valence-electron chi connectivity index (χ0n) is 11.2. The average Bonchev–Trinajstić information content (AvgIpc) is 2.68. The van der Waals surface area contributed by atoms with E-state index in [1.807, 2.05) is 6.07 Å². The van der Waals surface area contributed by atoms with Crippen LogP contribution in [0, 0.1) is 5.92 Å². The summed E-state index contributed by atoms with van der Waals surface area (Å²) in [4.78, 5) is 23.0. The number of carbonyl (C=O) groups excluding carboxylic acids is 2. The monoisotopic (exact) mass is 323 g/mol. The molecule has 21 heavy (non-hydrogen) atoms. The van der Waals surface area contributed by atoms with Gasteiger partial charge in [-0.05, 0) is 54.3 Å². The summed E-state index contributed by atoms with van der Waals surface area (Å²) in [6.45, 7) is 0.701. The molecular formula is C15H14ClNO3S. The van der Waals surface area contributed by atoms with Gasteiger partial charge >= 0.3 is 0 Å². The van der Waals surface area contributed by atoms with Gasteiger partial charge in [0, 0.05) is 0 Å². The first kappa shape index (κ1) is 14.5. The standard InChI is InChI=1S/C15H14ClNO3S/c16-11-6-10(7-13-14(18)17-15(19)21-13)4-5-12(11)20-8-9-2-1-3-9/h4-7,9H,1-3,8H2,(H,17,18,19)/b13-7-. The van der Waals surface area contributed by atoms with E-state index >= 15 is 0 Å². The van der Waals surface area contributed by atoms with Crippen LogP contribution in [0.25, 0.3) is 6.08 Å². The Morgan fingerprint density at radius 3 is 2.76 bits per heavy atom. The first-order valence-corrected chi connectivity index (χ1v) is 7.98. The molecule has 0 spiro atoms. The van der Waals surface area contributed by atoms with Crippen LogP contribution in [0.3, 0.4) is 0 Å². The first-order chi connectivity index (χ1) is 10.1. The molecule has 2 aliphatic rings. The van der Waals surface area contributed by atoms with Gasteiger partial charge in [-0.25, -0.2) is 0 Å². The number of amides is 2. The van der Waals surface area contributed by atoms with Crippen molar-refractivity contribution >= 4 is 40.6 Å². The number of hydrogen-bond donors (Lipinski definition) is 1. The number of carbonyl (C=O) groups is 2. The zero-order chi connectivity index (χ0) is 14.8. The molecule has 0 unspecified atom stereocenters. The number of nitrogens with one attached hydrogen (secondary N) is 1. The van der Waals surface area contributed by atoms with E-state index < -0.39 is 0 Å². The highest BCUT2D eigenvalue weighted by Crippen LogP contribution is 2.32. The Morgan fingerprint density at radius 1 is 1.38 bits per heavy atom. The Labute approximate surface area is 131 Å². The quantitative estimate of drug-likeness (QED) is 0.855. The highest BCUT2D eigenvalue weighted by atomic mass is 35.5. The highest BCUT2D eigenvalue weighted by Gasteiger charge is 2.25. The topological polar surface area (TPSA) is 55.4 Å². The number of halogens is 1. The summed E-state index contributed by atoms with van der Waals surface area (Å²) >= 11 is 7.09. The number of imide groups is 1. The van der Waals surface area contributed by atoms with E-state index in [4.69, 9.17) is 16.3 Å². The lowest BCUT2D eigenvalue weighted by Crippen LogP contribution is -2.19. The minimum Gasteiger partial charge on any atom is -0.492 e. The molecule has 1 saturated carbocycles. The van der Waals surface area contributed by atoms with Crippen LogP contribution in [0.5, 0.6) is 5.75 Å². The van der Waals surface area contributed by atoms with Gasteiger partial charge in [-0.15, -0.1) is 0 Å². The predicted molar refractivity (Wildman–Crippen MR) is 83.4 cm³/mol. The molecule has 1 aromatic rings. The van der Waals surface area contributed by atoms with Crippen molar-refractivity contribution in [1.29, 1.82) is 0 Å². The molecule has 0 radical (unpaired) electrons. The van der Waals surface area contributed by atoms with Crippen molar-refractivity contribution < 1.29 is 14.3 Å². The Kier molecular flexibility index (Phi) is 4.22. The van der Waals surface area contributed by atoms with E-state index in [2.05, 4.69) is 5.32 Å². The predicted octanol–water partition coefficient (Wildman–Crippen LogP) is 3.84. The van der Waals surface area contributed by atoms with Gasteiger partial charge in [-0.3, -0.25) is 14.9 Å². The van der Waals surface area contributed by atoms with Gasteiger partial charge in [0.25, 0.3) is 11.1 Å². The van der Waals surface area contributed by atoms with Crippen LogP contribution in [0.1, 0.15) is 24.8 Å². The van der Waals surface area contributed by atoms with Crippen LogP contribution in [0.2, 0.25) is 5.02 Å². The van der Waals surface area contributed by atoms with E-state index in [9.17, 15) is 9.59 Å². The van der Waals surface area contributed by atoms with Crippen molar-refractivity contribution in [3.63, 3.8) is 0 Å². The van der Waals surface area contributed by atoms with Crippen LogP contribution in [0.4, 0.5) is 4.79 Å². The molecule has 2 amide bonds. The zero-order valence-corrected chi connectivity index (χ0v) is 12.8. The number of hydrogen-bond acceptors (Lipinski definition) is 4. The molecule has 1 heterocycles. The van der Waals surface area contributed by atoms with Crippen LogP contribution in [0.15, 0.2) is 23.1 Å². The summed E-state index contributed by atoms with van der Waals surface area (Å²) in [5, 5.41) is 2.38. The second-order valence-electron chi connectivity index (χ2n) is 5.15. The fraction of sp³-hybridized carbons (Fsp3) is 0.333. The van der Waals surface area contributed by atoms with Crippen molar-refractivity contribution in [2.75, 3.05) is 6.61 Å². The maximum Gasteiger partial charge on any atom is 0.290 e. The van der Waals surface area contributed by atoms with Gasteiger partial charge in [-0.2, -0.15) is 0 Å². The smallest absolute Gasteiger partial charge is 0.290 e. The van der Waals surface area contributed by atoms with Gasteiger partial charge in [-0.1, -0.05) is 24.1 Å².